The molecule has 1 heterocycles. The summed E-state index contributed by atoms with van der Waals surface area (Å²) in [6.45, 7) is 10.5. The highest BCUT2D eigenvalue weighted by molar-refractivity contribution is 5.56. The number of nitrogens with one attached hydrogen (secondary N) is 1. The summed E-state index contributed by atoms with van der Waals surface area (Å²) in [5.41, 5.74) is 5.80. The molecule has 0 saturated carbocycles. The lowest BCUT2D eigenvalue weighted by Gasteiger charge is -2.11. The maximum absolute atomic E-state index is 4.69. The molecule has 0 amide bonds. The molecule has 3 heteroatoms. The van der Waals surface area contributed by atoms with E-state index >= 15 is 0 Å². The Kier molecular flexibility index (Phi) is 5.45. The van der Waals surface area contributed by atoms with E-state index in [1.54, 1.807) is 0 Å². The second-order valence-electron chi connectivity index (χ2n) is 5.56. The Morgan fingerprint density at radius 3 is 2.10 bits per heavy atom. The fourth-order valence-electron chi connectivity index (χ4n) is 2.45. The fourth-order valence-corrected chi connectivity index (χ4v) is 2.45. The van der Waals surface area contributed by atoms with Crippen LogP contribution < -0.4 is 5.32 Å². The molecule has 0 unspecified atom stereocenters. The van der Waals surface area contributed by atoms with E-state index in [4.69, 9.17) is 9.97 Å². The summed E-state index contributed by atoms with van der Waals surface area (Å²) in [5, 5.41) is 3.43. The van der Waals surface area contributed by atoms with Gasteiger partial charge >= 0.3 is 0 Å². The van der Waals surface area contributed by atoms with Gasteiger partial charge in [-0.2, -0.15) is 0 Å². The van der Waals surface area contributed by atoms with Crippen LogP contribution in [0.5, 0.6) is 0 Å². The van der Waals surface area contributed by atoms with E-state index in [-0.39, 0.29) is 0 Å². The summed E-state index contributed by atoms with van der Waals surface area (Å²) in [6.07, 6.45) is 2.16. The Balaban J connectivity index is 2.18. The molecule has 0 radical (unpaired) electrons. The van der Waals surface area contributed by atoms with Crippen LogP contribution in [-0.2, 0) is 6.42 Å². The zero-order valence-corrected chi connectivity index (χ0v) is 13.5. The van der Waals surface area contributed by atoms with E-state index in [2.05, 4.69) is 57.3 Å². The number of nitrogens with zero attached hydrogens (tertiary/aromatic N) is 2. The Labute approximate surface area is 127 Å². The molecule has 0 aliphatic carbocycles. The van der Waals surface area contributed by atoms with Crippen molar-refractivity contribution in [1.82, 2.24) is 15.3 Å². The van der Waals surface area contributed by atoms with Gasteiger partial charge in [-0.1, -0.05) is 36.8 Å². The summed E-state index contributed by atoms with van der Waals surface area (Å²) < 4.78 is 0. The first kappa shape index (κ1) is 15.6. The van der Waals surface area contributed by atoms with Gasteiger partial charge in [-0.05, 0) is 52.3 Å². The van der Waals surface area contributed by atoms with Crippen molar-refractivity contribution in [2.24, 2.45) is 0 Å². The van der Waals surface area contributed by atoms with Crippen LogP contribution in [0.15, 0.2) is 24.3 Å². The Bertz CT molecular complexity index is 565. The third-order valence-electron chi connectivity index (χ3n) is 3.71. The molecule has 0 spiro atoms. The van der Waals surface area contributed by atoms with Crippen LogP contribution in [0, 0.1) is 20.8 Å². The van der Waals surface area contributed by atoms with Crippen molar-refractivity contribution in [1.29, 1.82) is 0 Å². The third kappa shape index (κ3) is 4.11. The van der Waals surface area contributed by atoms with Gasteiger partial charge in [0.15, 0.2) is 5.82 Å². The van der Waals surface area contributed by atoms with Gasteiger partial charge in [-0.3, -0.25) is 0 Å². The second-order valence-corrected chi connectivity index (χ2v) is 5.56. The van der Waals surface area contributed by atoms with Crippen LogP contribution in [-0.4, -0.2) is 23.1 Å². The maximum atomic E-state index is 4.69. The maximum Gasteiger partial charge on any atom is 0.159 e. The van der Waals surface area contributed by atoms with Gasteiger partial charge < -0.3 is 5.32 Å². The molecular weight excluding hydrogens is 258 g/mol. The molecule has 3 nitrogen and oxygen atoms in total. The lowest BCUT2D eigenvalue weighted by molar-refractivity contribution is 0.666. The van der Waals surface area contributed by atoms with Crippen molar-refractivity contribution < 1.29 is 0 Å². The van der Waals surface area contributed by atoms with Crippen molar-refractivity contribution in [3.05, 3.63) is 46.8 Å². The minimum atomic E-state index is 0.829. The van der Waals surface area contributed by atoms with Gasteiger partial charge in [0.2, 0.25) is 0 Å². The summed E-state index contributed by atoms with van der Waals surface area (Å²) in [5.74, 6) is 0.829. The predicted octanol–water partition coefficient (Wildman–Crippen LogP) is 3.61. The first-order valence-corrected chi connectivity index (χ1v) is 7.73. The summed E-state index contributed by atoms with van der Waals surface area (Å²) >= 11 is 0. The molecule has 1 aromatic heterocycles. The normalized spacial score (nSPS) is 10.9. The van der Waals surface area contributed by atoms with E-state index < -0.39 is 0 Å². The van der Waals surface area contributed by atoms with Crippen LogP contribution in [0.25, 0.3) is 11.4 Å². The fraction of sp³-hybridized carbons (Fsp3) is 0.444. The van der Waals surface area contributed by atoms with E-state index in [1.807, 2.05) is 0 Å². The second kappa shape index (κ2) is 7.32. The smallest absolute Gasteiger partial charge is 0.159 e. The van der Waals surface area contributed by atoms with Crippen molar-refractivity contribution in [3.8, 4) is 11.4 Å². The number of aromatic nitrogens is 2. The predicted molar refractivity (Wildman–Crippen MR) is 88.5 cm³/mol. The molecule has 2 aromatic rings. The first-order valence-electron chi connectivity index (χ1n) is 7.73. The quantitative estimate of drug-likeness (QED) is 0.823. The standard InChI is InChI=1S/C18H25N3/c1-5-11-19-12-10-17-14(3)20-18(21-15(17)4)16-8-6-13(2)7-9-16/h6-9,19H,5,10-12H2,1-4H3. The van der Waals surface area contributed by atoms with Gasteiger partial charge in [-0.25, -0.2) is 9.97 Å². The highest BCUT2D eigenvalue weighted by atomic mass is 14.9. The van der Waals surface area contributed by atoms with Crippen LogP contribution in [0.1, 0.15) is 35.9 Å². The number of rotatable bonds is 6. The molecule has 1 N–H and O–H groups in total. The van der Waals surface area contributed by atoms with Crippen molar-refractivity contribution >= 4 is 0 Å². The molecular formula is C18H25N3. The van der Waals surface area contributed by atoms with Gasteiger partial charge in [0.25, 0.3) is 0 Å². The molecule has 2 rings (SSSR count). The third-order valence-corrected chi connectivity index (χ3v) is 3.71. The first-order chi connectivity index (χ1) is 10.1. The molecule has 0 aliphatic rings. The van der Waals surface area contributed by atoms with Crippen molar-refractivity contribution in [2.45, 2.75) is 40.5 Å². The average Bonchev–Trinajstić information content (AvgIpc) is 2.46. The minimum Gasteiger partial charge on any atom is -0.316 e. The van der Waals surface area contributed by atoms with Gasteiger partial charge in [0.1, 0.15) is 0 Å². The van der Waals surface area contributed by atoms with Crippen molar-refractivity contribution in [3.63, 3.8) is 0 Å². The zero-order chi connectivity index (χ0) is 15.2. The van der Waals surface area contributed by atoms with E-state index in [1.165, 1.54) is 17.5 Å². The number of hydrogen-bond donors (Lipinski definition) is 1. The molecule has 0 bridgehead atoms. The molecule has 1 aromatic carbocycles. The Morgan fingerprint density at radius 2 is 1.52 bits per heavy atom. The monoisotopic (exact) mass is 283 g/mol. The Hall–Kier alpha value is -1.74. The SMILES string of the molecule is CCCNCCc1c(C)nc(-c2ccc(C)cc2)nc1C. The number of hydrogen-bond acceptors (Lipinski definition) is 3. The molecule has 112 valence electrons. The van der Waals surface area contributed by atoms with Gasteiger partial charge in [-0.15, -0.1) is 0 Å². The summed E-state index contributed by atoms with van der Waals surface area (Å²) in [4.78, 5) is 9.39. The molecule has 0 aliphatic heterocycles. The molecule has 0 saturated heterocycles. The van der Waals surface area contributed by atoms with Crippen molar-refractivity contribution in [2.75, 3.05) is 13.1 Å². The van der Waals surface area contributed by atoms with Gasteiger partial charge in [0, 0.05) is 17.0 Å². The summed E-state index contributed by atoms with van der Waals surface area (Å²) in [7, 11) is 0. The Morgan fingerprint density at radius 1 is 0.905 bits per heavy atom. The summed E-state index contributed by atoms with van der Waals surface area (Å²) in [6, 6.07) is 8.38. The largest absolute Gasteiger partial charge is 0.316 e. The number of aryl methyl sites for hydroxylation is 3. The van der Waals surface area contributed by atoms with E-state index in [0.29, 0.717) is 0 Å². The van der Waals surface area contributed by atoms with Crippen LogP contribution in [0.3, 0.4) is 0 Å². The minimum absolute atomic E-state index is 0.829. The molecule has 0 fully saturated rings. The van der Waals surface area contributed by atoms with Crippen LogP contribution in [0.2, 0.25) is 0 Å². The van der Waals surface area contributed by atoms with Crippen LogP contribution >= 0.6 is 0 Å². The zero-order valence-electron chi connectivity index (χ0n) is 13.5. The number of benzene rings is 1. The highest BCUT2D eigenvalue weighted by Crippen LogP contribution is 2.19. The van der Waals surface area contributed by atoms with E-state index in [9.17, 15) is 0 Å². The van der Waals surface area contributed by atoms with E-state index in [0.717, 1.165) is 42.3 Å². The lowest BCUT2D eigenvalue weighted by Crippen LogP contribution is -2.19. The molecule has 0 atom stereocenters. The molecule has 21 heavy (non-hydrogen) atoms. The van der Waals surface area contributed by atoms with Gasteiger partial charge in [0.05, 0.1) is 0 Å². The lowest BCUT2D eigenvalue weighted by atomic mass is 10.1. The topological polar surface area (TPSA) is 37.8 Å². The highest BCUT2D eigenvalue weighted by Gasteiger charge is 2.09. The van der Waals surface area contributed by atoms with Crippen LogP contribution in [0.4, 0.5) is 0 Å². The average molecular weight is 283 g/mol.